The van der Waals surface area contributed by atoms with Gasteiger partial charge in [-0.25, -0.2) is 0 Å². The van der Waals surface area contributed by atoms with Gasteiger partial charge < -0.3 is 24.8 Å². The Morgan fingerprint density at radius 2 is 2.10 bits per heavy atom. The molecule has 3 rings (SSSR count). The summed E-state index contributed by atoms with van der Waals surface area (Å²) in [5, 5.41) is 13.2. The first-order chi connectivity index (χ1) is 14.8. The van der Waals surface area contributed by atoms with E-state index in [-0.39, 0.29) is 35.8 Å². The third-order valence-corrected chi connectivity index (χ3v) is 8.05. The fraction of sp³-hybridized carbons (Fsp3) is 0.864. The highest BCUT2D eigenvalue weighted by Crippen LogP contribution is 2.60. The molecule has 8 atom stereocenters. The first-order valence-corrected chi connectivity index (χ1v) is 12.4. The fourth-order valence-corrected chi connectivity index (χ4v) is 6.47. The number of likely N-dealkylation sites (tertiary alicyclic amines) is 1. The first kappa shape index (κ1) is 24.5. The number of unbranched alkanes of at least 4 members (excludes halogenated alkanes) is 1. The molecule has 3 saturated heterocycles. The number of carbonyl (C=O) groups excluding carboxylic acids is 3. The van der Waals surface area contributed by atoms with E-state index in [0.717, 1.165) is 19.3 Å². The lowest BCUT2D eigenvalue weighted by Crippen LogP contribution is -2.59. The van der Waals surface area contributed by atoms with E-state index in [1.165, 1.54) is 4.90 Å². The summed E-state index contributed by atoms with van der Waals surface area (Å²) in [5.41, 5.74) is -1.11. The van der Waals surface area contributed by atoms with Gasteiger partial charge in [-0.1, -0.05) is 49.5 Å². The van der Waals surface area contributed by atoms with E-state index >= 15 is 0 Å². The number of fused-ring (bicyclic) bond motifs is 1. The Morgan fingerprint density at radius 1 is 1.39 bits per heavy atom. The Hall–Kier alpha value is -1.19. The summed E-state index contributed by atoms with van der Waals surface area (Å²) in [6.07, 6.45) is 2.43. The maximum Gasteiger partial charge on any atom is 0.312 e. The smallest absolute Gasteiger partial charge is 0.312 e. The quantitative estimate of drug-likeness (QED) is 0.267. The van der Waals surface area contributed by atoms with Gasteiger partial charge in [0, 0.05) is 11.4 Å². The number of alkyl halides is 1. The number of nitrogens with zero attached hydrogens (tertiary/aromatic N) is 1. The van der Waals surface area contributed by atoms with Crippen LogP contribution in [0.5, 0.6) is 0 Å². The minimum atomic E-state index is -1.11. The van der Waals surface area contributed by atoms with Gasteiger partial charge in [-0.05, 0) is 25.7 Å². The Kier molecular flexibility index (Phi) is 7.69. The molecular weight excluding hydrogens is 468 g/mol. The lowest BCUT2D eigenvalue weighted by atomic mass is 9.70. The van der Waals surface area contributed by atoms with Crippen molar-refractivity contribution in [2.45, 2.75) is 82.0 Å². The van der Waals surface area contributed by atoms with Crippen LogP contribution in [0.15, 0.2) is 0 Å². The Bertz CT molecular complexity index is 705. The van der Waals surface area contributed by atoms with Crippen molar-refractivity contribution in [1.29, 1.82) is 0 Å². The standard InChI is InChI=1S/C22H35BrN2O6/c1-5-8-9-24-19(27)18-22-10-13(23)17(31-22)15(21(29)30-7-3)16(22)20(28)25(18)14(11-26)12(4)6-2/h12-18,26H,5-11H2,1-4H3,(H,24,27)/t12-,13?,14-,15-,16-,17-,18?,22?/m0/s1. The number of rotatable bonds is 10. The number of halogens is 1. The molecule has 0 aromatic rings. The molecule has 3 aliphatic rings. The molecule has 8 nitrogen and oxygen atoms in total. The molecule has 3 fully saturated rings. The second kappa shape index (κ2) is 9.75. The van der Waals surface area contributed by atoms with Crippen LogP contribution in [0.25, 0.3) is 0 Å². The maximum absolute atomic E-state index is 13.8. The van der Waals surface area contributed by atoms with Crippen LogP contribution in [0.3, 0.4) is 0 Å². The van der Waals surface area contributed by atoms with Gasteiger partial charge in [0.15, 0.2) is 0 Å². The molecular formula is C22H35BrN2O6. The molecule has 31 heavy (non-hydrogen) atoms. The molecule has 1 spiro atoms. The van der Waals surface area contributed by atoms with E-state index in [2.05, 4.69) is 21.2 Å². The molecule has 176 valence electrons. The normalized spacial score (nSPS) is 35.7. The van der Waals surface area contributed by atoms with Crippen molar-refractivity contribution in [2.24, 2.45) is 17.8 Å². The van der Waals surface area contributed by atoms with Crippen LogP contribution >= 0.6 is 15.9 Å². The van der Waals surface area contributed by atoms with Gasteiger partial charge in [0.05, 0.1) is 37.2 Å². The SMILES string of the molecule is CCCCNC(=O)C1N([C@@H](CO)[C@@H](C)CC)C(=O)[C@@H]2[C@H](C(=O)OCC)[C@H]3OC12CC3Br. The number of aliphatic hydroxyl groups is 1. The maximum atomic E-state index is 13.8. The van der Waals surface area contributed by atoms with Crippen LogP contribution in [-0.2, 0) is 23.9 Å². The molecule has 0 aromatic heterocycles. The van der Waals surface area contributed by atoms with Crippen LogP contribution in [0.2, 0.25) is 0 Å². The van der Waals surface area contributed by atoms with Crippen LogP contribution in [0.1, 0.15) is 53.4 Å². The first-order valence-electron chi connectivity index (χ1n) is 11.5. The average molecular weight is 503 g/mol. The van der Waals surface area contributed by atoms with Gasteiger partial charge in [0.25, 0.3) is 0 Å². The highest BCUT2D eigenvalue weighted by Gasteiger charge is 2.77. The molecule has 2 N–H and O–H groups in total. The summed E-state index contributed by atoms with van der Waals surface area (Å²) in [6, 6.07) is -1.42. The topological polar surface area (TPSA) is 105 Å². The average Bonchev–Trinajstić information content (AvgIpc) is 3.32. The highest BCUT2D eigenvalue weighted by molar-refractivity contribution is 9.09. The molecule has 2 bridgehead atoms. The van der Waals surface area contributed by atoms with E-state index in [1.807, 2.05) is 20.8 Å². The van der Waals surface area contributed by atoms with Crippen molar-refractivity contribution in [2.75, 3.05) is 19.8 Å². The van der Waals surface area contributed by atoms with Crippen LogP contribution in [-0.4, -0.2) is 76.2 Å². The van der Waals surface area contributed by atoms with E-state index in [4.69, 9.17) is 9.47 Å². The third-order valence-electron chi connectivity index (χ3n) is 7.21. The van der Waals surface area contributed by atoms with Gasteiger partial charge in [-0.3, -0.25) is 14.4 Å². The van der Waals surface area contributed by atoms with Gasteiger partial charge in [-0.15, -0.1) is 0 Å². The van der Waals surface area contributed by atoms with Crippen LogP contribution in [0.4, 0.5) is 0 Å². The summed E-state index contributed by atoms with van der Waals surface area (Å²) in [4.78, 5) is 41.4. The van der Waals surface area contributed by atoms with E-state index in [0.29, 0.717) is 13.0 Å². The van der Waals surface area contributed by atoms with Gasteiger partial charge in [0.2, 0.25) is 11.8 Å². The molecule has 9 heteroatoms. The van der Waals surface area contributed by atoms with E-state index < -0.39 is 41.6 Å². The van der Waals surface area contributed by atoms with Crippen molar-refractivity contribution < 1.29 is 29.0 Å². The zero-order valence-electron chi connectivity index (χ0n) is 18.8. The van der Waals surface area contributed by atoms with Crippen molar-refractivity contribution in [3.05, 3.63) is 0 Å². The number of esters is 1. The zero-order chi connectivity index (χ0) is 22.9. The predicted octanol–water partition coefficient (Wildman–Crippen LogP) is 1.62. The molecule has 2 amide bonds. The van der Waals surface area contributed by atoms with Crippen molar-refractivity contribution in [3.8, 4) is 0 Å². The van der Waals surface area contributed by atoms with Gasteiger partial charge >= 0.3 is 5.97 Å². The summed E-state index contributed by atoms with van der Waals surface area (Å²) in [5.74, 6) is -2.62. The monoisotopic (exact) mass is 502 g/mol. The molecule has 0 aromatic carbocycles. The molecule has 0 radical (unpaired) electrons. The number of hydrogen-bond acceptors (Lipinski definition) is 6. The molecule has 3 aliphatic heterocycles. The van der Waals surface area contributed by atoms with Gasteiger partial charge in [-0.2, -0.15) is 0 Å². The van der Waals surface area contributed by atoms with Crippen molar-refractivity contribution in [3.63, 3.8) is 0 Å². The minimum absolute atomic E-state index is 0.0203. The van der Waals surface area contributed by atoms with E-state index in [9.17, 15) is 19.5 Å². The Labute approximate surface area is 192 Å². The number of hydrogen-bond donors (Lipinski definition) is 2. The highest BCUT2D eigenvalue weighted by atomic mass is 79.9. The summed E-state index contributed by atoms with van der Waals surface area (Å²) in [7, 11) is 0. The summed E-state index contributed by atoms with van der Waals surface area (Å²) in [6.45, 7) is 8.17. The number of aliphatic hydroxyl groups excluding tert-OH is 1. The predicted molar refractivity (Wildman–Crippen MR) is 117 cm³/mol. The van der Waals surface area contributed by atoms with Crippen LogP contribution in [0, 0.1) is 17.8 Å². The van der Waals surface area contributed by atoms with Crippen LogP contribution < -0.4 is 5.32 Å². The molecule has 3 unspecified atom stereocenters. The molecule has 3 heterocycles. The molecule has 0 saturated carbocycles. The van der Waals surface area contributed by atoms with E-state index in [1.54, 1.807) is 6.92 Å². The number of amides is 2. The second-order valence-corrected chi connectivity index (χ2v) is 10.1. The summed E-state index contributed by atoms with van der Waals surface area (Å²) >= 11 is 3.62. The van der Waals surface area contributed by atoms with Gasteiger partial charge in [0.1, 0.15) is 11.6 Å². The minimum Gasteiger partial charge on any atom is -0.466 e. The van der Waals surface area contributed by atoms with Crippen molar-refractivity contribution >= 4 is 33.7 Å². The lowest BCUT2D eigenvalue weighted by Gasteiger charge is -2.38. The lowest BCUT2D eigenvalue weighted by molar-refractivity contribution is -0.155. The summed E-state index contributed by atoms with van der Waals surface area (Å²) < 4.78 is 11.7. The number of carbonyl (C=O) groups is 3. The second-order valence-electron chi connectivity index (χ2n) is 8.94. The fourth-order valence-electron chi connectivity index (χ4n) is 5.53. The molecule has 0 aliphatic carbocycles. The zero-order valence-corrected chi connectivity index (χ0v) is 20.4. The van der Waals surface area contributed by atoms with Crippen molar-refractivity contribution in [1.82, 2.24) is 10.2 Å². The third kappa shape index (κ3) is 3.91. The Balaban J connectivity index is 2.05. The number of nitrogens with one attached hydrogen (secondary N) is 1. The number of ether oxygens (including phenoxy) is 2. The largest absolute Gasteiger partial charge is 0.466 e. The Morgan fingerprint density at radius 3 is 2.68 bits per heavy atom.